The van der Waals surface area contributed by atoms with Gasteiger partial charge < -0.3 is 10.8 Å². The lowest BCUT2D eigenvalue weighted by molar-refractivity contribution is -0.129. The Bertz CT molecular complexity index is 199. The number of carboxylic acid groups (broad SMARTS) is 1. The summed E-state index contributed by atoms with van der Waals surface area (Å²) in [5.74, 6) is -1.97. The normalized spacial score (nSPS) is 13.4. The molecule has 3 N–H and O–H groups in total. The van der Waals surface area contributed by atoms with E-state index in [1.807, 2.05) is 5.21 Å². The van der Waals surface area contributed by atoms with Crippen LogP contribution in [-0.4, -0.2) is 29.7 Å². The van der Waals surface area contributed by atoms with E-state index in [1.54, 1.807) is 0 Å². The number of nitrogens with two attached hydrogens (primary N) is 1. The smallest absolute Gasteiger partial charge is 0.361 e. The van der Waals surface area contributed by atoms with Crippen LogP contribution in [-0.2, 0) is 4.79 Å². The van der Waals surface area contributed by atoms with Gasteiger partial charge in [-0.25, -0.2) is 4.79 Å². The minimum atomic E-state index is -1.54. The lowest BCUT2D eigenvalue weighted by Crippen LogP contribution is -2.30. The Hall–Kier alpha value is -1.46. The molecule has 0 saturated heterocycles. The first kappa shape index (κ1) is 8.54. The van der Waals surface area contributed by atoms with Crippen LogP contribution in [0.15, 0.2) is 10.2 Å². The van der Waals surface area contributed by atoms with Gasteiger partial charge in [-0.1, -0.05) is 9.70 Å². The Morgan fingerprint density at radius 1 is 1.70 bits per heavy atom. The molecular weight excluding hydrogens is 141 g/mol. The summed E-state index contributed by atoms with van der Waals surface area (Å²) in [6.45, 7) is 0. The third kappa shape index (κ3) is 1.81. The van der Waals surface area contributed by atoms with Crippen molar-refractivity contribution in [3.8, 4) is 0 Å². The molecule has 0 aromatic heterocycles. The molecule has 0 aromatic rings. The van der Waals surface area contributed by atoms with Gasteiger partial charge in [0.25, 0.3) is 0 Å². The van der Waals surface area contributed by atoms with Gasteiger partial charge in [0.1, 0.15) is 0 Å². The van der Waals surface area contributed by atoms with Crippen LogP contribution in [0, 0.1) is 0 Å². The molecule has 56 valence electrons. The molecule has 6 heteroatoms. The highest BCUT2D eigenvalue weighted by molar-refractivity contribution is 6.64. The van der Waals surface area contributed by atoms with E-state index in [9.17, 15) is 9.28 Å². The van der Waals surface area contributed by atoms with Crippen molar-refractivity contribution in [2.75, 3.05) is 7.05 Å². The fourth-order valence-electron chi connectivity index (χ4n) is 0.295. The van der Waals surface area contributed by atoms with E-state index in [1.165, 1.54) is 7.05 Å². The lowest BCUT2D eigenvalue weighted by atomic mass is 10.3. The third-order valence-corrected chi connectivity index (χ3v) is 0.771. The topological polar surface area (TPSA) is 88.0 Å². The summed E-state index contributed by atoms with van der Waals surface area (Å²) in [4.78, 5) is 13.2. The molecule has 10 heavy (non-hydrogen) atoms. The quantitative estimate of drug-likeness (QED) is 0.403. The van der Waals surface area contributed by atoms with Crippen molar-refractivity contribution in [3.63, 3.8) is 0 Å². The Labute approximate surface area is 56.0 Å². The maximum absolute atomic E-state index is 11.4. The molecule has 0 radical (unpaired) electrons. The Balaban J connectivity index is 4.56. The van der Waals surface area contributed by atoms with Gasteiger partial charge in [-0.05, 0) is 0 Å². The maximum Gasteiger partial charge on any atom is 0.361 e. The monoisotopic (exact) mass is 147 g/mol. The van der Waals surface area contributed by atoms with Crippen LogP contribution < -0.4 is 5.73 Å². The minimum absolute atomic E-state index is 0.435. The van der Waals surface area contributed by atoms with Crippen molar-refractivity contribution in [1.82, 2.24) is 0 Å². The molecule has 0 aliphatic carbocycles. The number of halogens is 1. The minimum Gasteiger partial charge on any atom is -0.476 e. The van der Waals surface area contributed by atoms with E-state index in [4.69, 9.17) is 10.8 Å². The molecule has 0 aromatic carbocycles. The number of aliphatic carboxylic acids is 1. The summed E-state index contributed by atoms with van der Waals surface area (Å²) in [6, 6.07) is 0. The van der Waals surface area contributed by atoms with E-state index in [0.717, 1.165) is 0 Å². The fourth-order valence-corrected chi connectivity index (χ4v) is 0.295. The number of nitrogens with zero attached hydrogens (tertiary/aromatic N) is 2. The summed E-state index contributed by atoms with van der Waals surface area (Å²) in [7, 11) is 1.24. The largest absolute Gasteiger partial charge is 0.476 e. The first-order valence-corrected chi connectivity index (χ1v) is 2.28. The molecule has 0 aliphatic rings. The summed E-state index contributed by atoms with van der Waals surface area (Å²) >= 11 is 0. The van der Waals surface area contributed by atoms with Gasteiger partial charge in [0, 0.05) is 7.05 Å². The molecule has 0 atom stereocenters. The molecule has 0 bridgehead atoms. The Kier molecular flexibility index (Phi) is 3.03. The van der Waals surface area contributed by atoms with E-state index < -0.39 is 17.5 Å². The van der Waals surface area contributed by atoms with E-state index in [0.29, 0.717) is 0 Å². The van der Waals surface area contributed by atoms with Crippen LogP contribution in [0.2, 0.25) is 0 Å². The standard InChI is InChI=1S/C4H6FN3O2/c1-7-3(6)2(8-5)4(9)10/h1H3,(H2,6,7)(H,9,10). The van der Waals surface area contributed by atoms with Crippen LogP contribution in [0.3, 0.4) is 0 Å². The van der Waals surface area contributed by atoms with Gasteiger partial charge in [0.2, 0.25) is 5.71 Å². The lowest BCUT2D eigenvalue weighted by Gasteiger charge is -1.93. The maximum atomic E-state index is 11.4. The second kappa shape index (κ2) is 3.54. The highest BCUT2D eigenvalue weighted by Gasteiger charge is 2.13. The van der Waals surface area contributed by atoms with E-state index in [2.05, 4.69) is 4.99 Å². The van der Waals surface area contributed by atoms with Gasteiger partial charge in [-0.15, -0.1) is 0 Å². The van der Waals surface area contributed by atoms with Crippen LogP contribution in [0.4, 0.5) is 4.48 Å². The average Bonchev–Trinajstić information content (AvgIpc) is 1.88. The number of carboxylic acids is 1. The zero-order valence-electron chi connectivity index (χ0n) is 5.21. The van der Waals surface area contributed by atoms with Crippen LogP contribution >= 0.6 is 0 Å². The molecule has 0 fully saturated rings. The molecule has 0 unspecified atom stereocenters. The van der Waals surface area contributed by atoms with Crippen molar-refractivity contribution in [2.45, 2.75) is 0 Å². The van der Waals surface area contributed by atoms with Gasteiger partial charge in [-0.2, -0.15) is 0 Å². The number of hydrogen-bond acceptors (Lipinski definition) is 3. The predicted octanol–water partition coefficient (Wildman–Crippen LogP) is -0.617. The van der Waals surface area contributed by atoms with Crippen molar-refractivity contribution in [3.05, 3.63) is 0 Å². The van der Waals surface area contributed by atoms with Crippen LogP contribution in [0.5, 0.6) is 0 Å². The van der Waals surface area contributed by atoms with E-state index >= 15 is 0 Å². The molecular formula is C4H6FN3O2. The Morgan fingerprint density at radius 2 is 2.20 bits per heavy atom. The number of aliphatic imine (C=N–C) groups is 1. The van der Waals surface area contributed by atoms with Crippen molar-refractivity contribution >= 4 is 17.5 Å². The molecule has 0 amide bonds. The molecule has 0 aliphatic heterocycles. The SMILES string of the molecule is CN=C(N)C(=NF)C(=O)O. The second-order valence-corrected chi connectivity index (χ2v) is 1.35. The number of amidine groups is 1. The molecule has 0 rings (SSSR count). The predicted molar refractivity (Wildman–Crippen MR) is 33.7 cm³/mol. The third-order valence-electron chi connectivity index (χ3n) is 0.771. The highest BCUT2D eigenvalue weighted by atomic mass is 19.2. The number of rotatable bonds is 2. The summed E-state index contributed by atoms with van der Waals surface area (Å²) in [5.41, 5.74) is 4.05. The van der Waals surface area contributed by atoms with Gasteiger partial charge in [-0.3, -0.25) is 4.99 Å². The first-order chi connectivity index (χ1) is 4.63. The fraction of sp³-hybridized carbons (Fsp3) is 0.250. The summed E-state index contributed by atoms with van der Waals surface area (Å²) < 4.78 is 11.4. The van der Waals surface area contributed by atoms with Gasteiger partial charge >= 0.3 is 5.97 Å². The molecule has 0 heterocycles. The zero-order valence-corrected chi connectivity index (χ0v) is 5.21. The number of carbonyl (C=O) groups is 1. The molecule has 0 spiro atoms. The van der Waals surface area contributed by atoms with Crippen molar-refractivity contribution in [1.29, 1.82) is 0 Å². The highest BCUT2D eigenvalue weighted by Crippen LogP contribution is 1.81. The molecule has 0 saturated carbocycles. The van der Waals surface area contributed by atoms with Gasteiger partial charge in [0.05, 0.1) is 0 Å². The number of hydrogen-bond donors (Lipinski definition) is 2. The summed E-state index contributed by atoms with van der Waals surface area (Å²) in [6.07, 6.45) is 0. The first-order valence-electron chi connectivity index (χ1n) is 2.28. The Morgan fingerprint density at radius 3 is 2.30 bits per heavy atom. The summed E-state index contributed by atoms with van der Waals surface area (Å²) in [5, 5.41) is 10.1. The average molecular weight is 147 g/mol. The van der Waals surface area contributed by atoms with Crippen LogP contribution in [0.1, 0.15) is 0 Å². The van der Waals surface area contributed by atoms with Crippen molar-refractivity contribution in [2.24, 2.45) is 15.9 Å². The van der Waals surface area contributed by atoms with E-state index in [-0.39, 0.29) is 0 Å². The van der Waals surface area contributed by atoms with Crippen LogP contribution in [0.25, 0.3) is 0 Å². The van der Waals surface area contributed by atoms with Gasteiger partial charge in [0.15, 0.2) is 5.84 Å². The second-order valence-electron chi connectivity index (χ2n) is 1.35. The zero-order chi connectivity index (χ0) is 8.15. The van der Waals surface area contributed by atoms with Crippen molar-refractivity contribution < 1.29 is 14.4 Å². The molecule has 5 nitrogen and oxygen atoms in total.